The molecule has 0 bridgehead atoms. The van der Waals surface area contributed by atoms with Gasteiger partial charge in [0.05, 0.1) is 24.8 Å². The summed E-state index contributed by atoms with van der Waals surface area (Å²) in [4.78, 5) is 11.8. The van der Waals surface area contributed by atoms with Crippen molar-refractivity contribution >= 4 is 47.0 Å². The van der Waals surface area contributed by atoms with E-state index in [0.29, 0.717) is 17.7 Å². The number of hydrogen-bond donors (Lipinski definition) is 0. The molecule has 24 heavy (non-hydrogen) atoms. The van der Waals surface area contributed by atoms with Gasteiger partial charge < -0.3 is 9.64 Å². The fourth-order valence-corrected chi connectivity index (χ4v) is 3.97. The lowest BCUT2D eigenvalue weighted by Crippen LogP contribution is -2.24. The van der Waals surface area contributed by atoms with E-state index in [1.807, 2.05) is 10.9 Å². The number of hydrogen-bond acceptors (Lipinski definition) is 6. The molecule has 2 fully saturated rings. The Morgan fingerprint density at radius 1 is 1.29 bits per heavy atom. The fraction of sp³-hybridized carbons (Fsp3) is 0.562. The molecule has 126 valence electrons. The maximum absolute atomic E-state index is 5.59. The van der Waals surface area contributed by atoms with Crippen molar-refractivity contribution < 1.29 is 4.74 Å². The van der Waals surface area contributed by atoms with E-state index in [2.05, 4.69) is 61.2 Å². The number of aromatic nitrogens is 4. The molecule has 8 heteroatoms. The van der Waals surface area contributed by atoms with Crippen LogP contribution in [0.1, 0.15) is 25.7 Å². The zero-order valence-electron chi connectivity index (χ0n) is 13.6. The van der Waals surface area contributed by atoms with Gasteiger partial charge in [-0.15, -0.1) is 0 Å². The molecule has 4 heterocycles. The molecule has 2 saturated heterocycles. The Morgan fingerprint density at radius 3 is 2.71 bits per heavy atom. The van der Waals surface area contributed by atoms with Crippen LogP contribution in [0.5, 0.6) is 0 Å². The molecule has 0 radical (unpaired) electrons. The fourth-order valence-electron chi connectivity index (χ4n) is 3.51. The van der Waals surface area contributed by atoms with Crippen LogP contribution in [0.4, 0.5) is 5.82 Å². The summed E-state index contributed by atoms with van der Waals surface area (Å²) in [7, 11) is 1.44. The van der Waals surface area contributed by atoms with E-state index in [4.69, 9.17) is 9.72 Å². The molecule has 2 aliphatic rings. The molecule has 2 aliphatic heterocycles. The summed E-state index contributed by atoms with van der Waals surface area (Å²) in [6.07, 6.45) is 1.89. The maximum Gasteiger partial charge on any atom is 0.209 e. The molecule has 2 aromatic heterocycles. The Labute approximate surface area is 157 Å². The molecule has 0 aromatic carbocycles. The summed E-state index contributed by atoms with van der Waals surface area (Å²) in [6.45, 7) is 7.91. The minimum absolute atomic E-state index is 0.247. The Bertz CT molecular complexity index is 815. The maximum atomic E-state index is 5.59. The summed E-state index contributed by atoms with van der Waals surface area (Å²) in [5.41, 5.74) is 0.867. The standard InChI is InChI=1S/C16H18IN5OS/c1-10(2)22-16-13(5-18-22)15(19-14(20-16)3-4-24-17)21-6-11-8-23-9-12(11)7-21/h5,10-12H,6-9H2,1-2H3. The highest BCUT2D eigenvalue weighted by Crippen LogP contribution is 2.34. The molecule has 4 rings (SSSR count). The number of nitrogens with zero attached hydrogens (tertiary/aromatic N) is 5. The van der Waals surface area contributed by atoms with Gasteiger partial charge in [-0.2, -0.15) is 5.10 Å². The van der Waals surface area contributed by atoms with Crippen molar-refractivity contribution in [2.75, 3.05) is 31.2 Å². The molecule has 2 unspecified atom stereocenters. The first-order valence-corrected chi connectivity index (χ1v) is 11.4. The van der Waals surface area contributed by atoms with Crippen molar-refractivity contribution in [3.63, 3.8) is 0 Å². The molecule has 6 nitrogen and oxygen atoms in total. The van der Waals surface area contributed by atoms with Crippen LogP contribution in [0.25, 0.3) is 11.0 Å². The number of anilines is 1. The van der Waals surface area contributed by atoms with E-state index in [1.54, 1.807) is 0 Å². The van der Waals surface area contributed by atoms with Gasteiger partial charge in [0.25, 0.3) is 0 Å². The molecule has 2 aromatic rings. The van der Waals surface area contributed by atoms with Gasteiger partial charge in [0, 0.05) is 52.2 Å². The minimum Gasteiger partial charge on any atom is -0.381 e. The lowest BCUT2D eigenvalue weighted by molar-refractivity contribution is 0.177. The van der Waals surface area contributed by atoms with E-state index in [0.717, 1.165) is 43.2 Å². The number of ether oxygens (including phenoxy) is 1. The van der Waals surface area contributed by atoms with Crippen molar-refractivity contribution in [2.45, 2.75) is 19.9 Å². The topological polar surface area (TPSA) is 56.1 Å². The number of fused-ring (bicyclic) bond motifs is 2. The lowest BCUT2D eigenvalue weighted by atomic mass is 10.0. The van der Waals surface area contributed by atoms with Crippen LogP contribution in [0.2, 0.25) is 0 Å². The SMILES string of the molecule is CC(C)n1ncc2c(N3CC4COCC4C3)nc(C#CSI)nc21. The Morgan fingerprint density at radius 2 is 2.04 bits per heavy atom. The van der Waals surface area contributed by atoms with Crippen molar-refractivity contribution in [1.29, 1.82) is 0 Å². The lowest BCUT2D eigenvalue weighted by Gasteiger charge is -2.19. The van der Waals surface area contributed by atoms with E-state index in [-0.39, 0.29) is 6.04 Å². The van der Waals surface area contributed by atoms with E-state index >= 15 is 0 Å². The average molecular weight is 455 g/mol. The zero-order chi connectivity index (χ0) is 16.7. The third-order valence-corrected chi connectivity index (χ3v) is 5.50. The normalized spacial score (nSPS) is 22.9. The molecule has 2 atom stereocenters. The minimum atomic E-state index is 0.247. The van der Waals surface area contributed by atoms with Gasteiger partial charge in [-0.1, -0.05) is 0 Å². The Hall–Kier alpha value is -1.05. The van der Waals surface area contributed by atoms with Gasteiger partial charge in [0.1, 0.15) is 5.82 Å². The molecular weight excluding hydrogens is 437 g/mol. The highest BCUT2D eigenvalue weighted by atomic mass is 127. The van der Waals surface area contributed by atoms with Crippen LogP contribution in [0.15, 0.2) is 6.20 Å². The third-order valence-electron chi connectivity index (χ3n) is 4.66. The molecule has 0 saturated carbocycles. The van der Waals surface area contributed by atoms with Crippen molar-refractivity contribution in [3.8, 4) is 11.2 Å². The first kappa shape index (κ1) is 16.4. The van der Waals surface area contributed by atoms with Crippen LogP contribution < -0.4 is 4.90 Å². The molecule has 0 spiro atoms. The van der Waals surface area contributed by atoms with Crippen LogP contribution in [0.3, 0.4) is 0 Å². The average Bonchev–Trinajstić information content (AvgIpc) is 3.25. The van der Waals surface area contributed by atoms with E-state index in [9.17, 15) is 0 Å². The number of rotatable bonds is 2. The zero-order valence-corrected chi connectivity index (χ0v) is 16.5. The van der Waals surface area contributed by atoms with Crippen LogP contribution >= 0.6 is 30.1 Å². The molecule has 0 amide bonds. The first-order chi connectivity index (χ1) is 11.7. The van der Waals surface area contributed by atoms with Crippen LogP contribution in [-0.2, 0) is 4.74 Å². The van der Waals surface area contributed by atoms with Crippen LogP contribution in [0, 0.1) is 23.0 Å². The smallest absolute Gasteiger partial charge is 0.209 e. The predicted molar refractivity (Wildman–Crippen MR) is 104 cm³/mol. The molecular formula is C16H18IN5OS. The van der Waals surface area contributed by atoms with Gasteiger partial charge >= 0.3 is 0 Å². The predicted octanol–water partition coefficient (Wildman–Crippen LogP) is 2.88. The summed E-state index contributed by atoms with van der Waals surface area (Å²) < 4.78 is 7.54. The second-order valence-corrected chi connectivity index (χ2v) is 8.24. The highest BCUT2D eigenvalue weighted by Gasteiger charge is 2.38. The monoisotopic (exact) mass is 455 g/mol. The Balaban J connectivity index is 1.81. The van der Waals surface area contributed by atoms with Crippen LogP contribution in [-0.4, -0.2) is 46.1 Å². The summed E-state index contributed by atoms with van der Waals surface area (Å²) in [5, 5.41) is 8.53. The summed E-state index contributed by atoms with van der Waals surface area (Å²) in [6, 6.07) is 0.247. The largest absolute Gasteiger partial charge is 0.381 e. The first-order valence-electron chi connectivity index (χ1n) is 8.04. The molecule has 0 N–H and O–H groups in total. The molecule has 0 aliphatic carbocycles. The van der Waals surface area contributed by atoms with Crippen molar-refractivity contribution in [3.05, 3.63) is 12.0 Å². The highest BCUT2D eigenvalue weighted by molar-refractivity contribution is 14.2. The van der Waals surface area contributed by atoms with Crippen molar-refractivity contribution in [2.24, 2.45) is 11.8 Å². The third kappa shape index (κ3) is 2.86. The van der Waals surface area contributed by atoms with Gasteiger partial charge in [-0.3, -0.25) is 0 Å². The number of halogens is 1. The van der Waals surface area contributed by atoms with Gasteiger partial charge in [-0.25, -0.2) is 14.6 Å². The summed E-state index contributed by atoms with van der Waals surface area (Å²) >= 11 is 2.16. The Kier molecular flexibility index (Phi) is 4.58. The van der Waals surface area contributed by atoms with Gasteiger partial charge in [0.15, 0.2) is 5.65 Å². The quantitative estimate of drug-likeness (QED) is 0.513. The van der Waals surface area contributed by atoms with E-state index in [1.165, 1.54) is 8.93 Å². The summed E-state index contributed by atoms with van der Waals surface area (Å²) in [5.74, 6) is 5.79. The van der Waals surface area contributed by atoms with Crippen molar-refractivity contribution in [1.82, 2.24) is 19.7 Å². The van der Waals surface area contributed by atoms with E-state index < -0.39 is 0 Å². The second kappa shape index (κ2) is 6.69. The van der Waals surface area contributed by atoms with Gasteiger partial charge in [-0.05, 0) is 34.0 Å². The second-order valence-electron chi connectivity index (χ2n) is 6.56. The van der Waals surface area contributed by atoms with Gasteiger partial charge in [0.2, 0.25) is 5.82 Å².